The number of hydrogen-bond acceptors (Lipinski definition) is 7. The molecular weight excluding hydrogens is 386 g/mol. The summed E-state index contributed by atoms with van der Waals surface area (Å²) in [6.45, 7) is 3.95. The van der Waals surface area contributed by atoms with Crippen LogP contribution in [-0.4, -0.2) is 29.2 Å². The zero-order valence-corrected chi connectivity index (χ0v) is 17.0. The van der Waals surface area contributed by atoms with E-state index in [9.17, 15) is 10.1 Å². The molecular formula is C22H21N3O3S. The average molecular weight is 407 g/mol. The number of carbonyl (C=O) groups is 1. The molecule has 148 valence electrons. The third kappa shape index (κ3) is 4.66. The van der Waals surface area contributed by atoms with Crippen molar-refractivity contribution in [1.29, 1.82) is 10.7 Å². The summed E-state index contributed by atoms with van der Waals surface area (Å²) < 4.78 is 10.9. The van der Waals surface area contributed by atoms with E-state index in [1.165, 1.54) is 11.8 Å². The lowest BCUT2D eigenvalue weighted by Crippen LogP contribution is -2.34. The number of nitrogens with zero attached hydrogens (tertiary/aromatic N) is 2. The Morgan fingerprint density at radius 3 is 2.72 bits per heavy atom. The van der Waals surface area contributed by atoms with Gasteiger partial charge in [0.05, 0.1) is 24.0 Å². The summed E-state index contributed by atoms with van der Waals surface area (Å²) in [6, 6.07) is 13.7. The van der Waals surface area contributed by atoms with Crippen molar-refractivity contribution in [3.63, 3.8) is 0 Å². The molecule has 1 aromatic carbocycles. The van der Waals surface area contributed by atoms with E-state index in [1.807, 2.05) is 31.2 Å². The van der Waals surface area contributed by atoms with Gasteiger partial charge < -0.3 is 9.47 Å². The standard InChI is InChI=1S/C22H21N3O3S/c1-3-27-22(26)20-18(13-29-16-8-6-14(2)7-9-16)28-21(24)17(11-23)19(20)15-5-4-10-25-12-15/h4-10,12,17,19,24H,3,13H2,1-2H3. The van der Waals surface area contributed by atoms with Crippen LogP contribution < -0.4 is 0 Å². The number of aromatic nitrogens is 1. The van der Waals surface area contributed by atoms with Crippen molar-refractivity contribution in [2.24, 2.45) is 5.92 Å². The fourth-order valence-electron chi connectivity index (χ4n) is 3.14. The first-order chi connectivity index (χ1) is 14.0. The Hall–Kier alpha value is -3.11. The Labute approximate surface area is 174 Å². The van der Waals surface area contributed by atoms with Crippen molar-refractivity contribution in [2.75, 3.05) is 12.4 Å². The van der Waals surface area contributed by atoms with E-state index >= 15 is 0 Å². The Kier molecular flexibility index (Phi) is 6.68. The van der Waals surface area contributed by atoms with Crippen molar-refractivity contribution in [1.82, 2.24) is 4.98 Å². The summed E-state index contributed by atoms with van der Waals surface area (Å²) in [5, 5.41) is 17.9. The van der Waals surface area contributed by atoms with E-state index in [0.29, 0.717) is 17.1 Å². The van der Waals surface area contributed by atoms with Gasteiger partial charge in [-0.1, -0.05) is 23.8 Å². The van der Waals surface area contributed by atoms with Crippen LogP contribution >= 0.6 is 11.8 Å². The lowest BCUT2D eigenvalue weighted by atomic mass is 9.79. The molecule has 29 heavy (non-hydrogen) atoms. The predicted octanol–water partition coefficient (Wildman–Crippen LogP) is 4.23. The highest BCUT2D eigenvalue weighted by Crippen LogP contribution is 2.40. The van der Waals surface area contributed by atoms with Gasteiger partial charge in [0.15, 0.2) is 0 Å². The quantitative estimate of drug-likeness (QED) is 0.569. The Morgan fingerprint density at radius 2 is 2.10 bits per heavy atom. The summed E-state index contributed by atoms with van der Waals surface area (Å²) >= 11 is 1.50. The molecule has 0 saturated heterocycles. The predicted molar refractivity (Wildman–Crippen MR) is 110 cm³/mol. The smallest absolute Gasteiger partial charge is 0.338 e. The molecule has 1 aromatic heterocycles. The van der Waals surface area contributed by atoms with Gasteiger partial charge in [0, 0.05) is 23.2 Å². The molecule has 2 atom stereocenters. The lowest BCUT2D eigenvalue weighted by molar-refractivity contribution is -0.139. The van der Waals surface area contributed by atoms with Gasteiger partial charge in [-0.15, -0.1) is 11.8 Å². The second kappa shape index (κ2) is 9.39. The van der Waals surface area contributed by atoms with Crippen molar-refractivity contribution >= 4 is 23.6 Å². The van der Waals surface area contributed by atoms with E-state index in [0.717, 1.165) is 10.5 Å². The summed E-state index contributed by atoms with van der Waals surface area (Å²) in [5.74, 6) is -1.61. The molecule has 6 nitrogen and oxygen atoms in total. The summed E-state index contributed by atoms with van der Waals surface area (Å²) in [6.07, 6.45) is 3.23. The molecule has 1 aliphatic heterocycles. The average Bonchev–Trinajstić information content (AvgIpc) is 2.73. The third-order valence-electron chi connectivity index (χ3n) is 4.53. The van der Waals surface area contributed by atoms with Gasteiger partial charge in [-0.3, -0.25) is 10.4 Å². The summed E-state index contributed by atoms with van der Waals surface area (Å²) in [4.78, 5) is 18.0. The van der Waals surface area contributed by atoms with E-state index in [-0.39, 0.29) is 18.1 Å². The van der Waals surface area contributed by atoms with Crippen LogP contribution in [0.25, 0.3) is 0 Å². The van der Waals surface area contributed by atoms with Gasteiger partial charge in [0.25, 0.3) is 0 Å². The third-order valence-corrected chi connectivity index (χ3v) is 5.54. The molecule has 0 aliphatic carbocycles. The first-order valence-corrected chi connectivity index (χ1v) is 10.2. The monoisotopic (exact) mass is 407 g/mol. The van der Waals surface area contributed by atoms with Crippen LogP contribution in [0.2, 0.25) is 0 Å². The Morgan fingerprint density at radius 1 is 1.34 bits per heavy atom. The zero-order valence-electron chi connectivity index (χ0n) is 16.2. The maximum Gasteiger partial charge on any atom is 0.338 e. The number of pyridine rings is 1. The molecule has 2 heterocycles. The largest absolute Gasteiger partial charge is 0.463 e. The topological polar surface area (TPSA) is 96.1 Å². The van der Waals surface area contributed by atoms with Crippen molar-refractivity contribution in [2.45, 2.75) is 24.7 Å². The fraction of sp³-hybridized carbons (Fsp3) is 0.273. The molecule has 1 aliphatic rings. The SMILES string of the molecule is CCOC(=O)C1=C(CSc2ccc(C)cc2)OC(=N)C(C#N)C1c1cccnc1. The molecule has 0 bridgehead atoms. The first kappa shape index (κ1) is 20.6. The fourth-order valence-corrected chi connectivity index (χ4v) is 3.98. The van der Waals surface area contributed by atoms with Gasteiger partial charge in [-0.2, -0.15) is 5.26 Å². The molecule has 2 aromatic rings. The molecule has 2 unspecified atom stereocenters. The van der Waals surface area contributed by atoms with Crippen molar-refractivity contribution < 1.29 is 14.3 Å². The van der Waals surface area contributed by atoms with Crippen LogP contribution in [0.4, 0.5) is 0 Å². The number of carbonyl (C=O) groups excluding carboxylic acids is 1. The maximum absolute atomic E-state index is 12.8. The van der Waals surface area contributed by atoms with Crippen LogP contribution in [0.15, 0.2) is 65.0 Å². The highest BCUT2D eigenvalue weighted by atomic mass is 32.2. The number of ether oxygens (including phenoxy) is 2. The number of nitriles is 1. The number of hydrogen-bond donors (Lipinski definition) is 1. The van der Waals surface area contributed by atoms with Gasteiger partial charge in [0.2, 0.25) is 5.90 Å². The van der Waals surface area contributed by atoms with E-state index in [2.05, 4.69) is 11.1 Å². The van der Waals surface area contributed by atoms with Crippen LogP contribution in [0.5, 0.6) is 0 Å². The second-order valence-electron chi connectivity index (χ2n) is 6.50. The molecule has 0 amide bonds. The number of benzene rings is 1. The normalized spacial score (nSPS) is 18.7. The first-order valence-electron chi connectivity index (χ1n) is 9.20. The summed E-state index contributed by atoms with van der Waals surface area (Å²) in [5.41, 5.74) is 2.11. The highest BCUT2D eigenvalue weighted by Gasteiger charge is 2.42. The van der Waals surface area contributed by atoms with Gasteiger partial charge in [0.1, 0.15) is 11.7 Å². The Bertz CT molecular complexity index is 965. The van der Waals surface area contributed by atoms with Crippen LogP contribution in [0.1, 0.15) is 24.0 Å². The number of esters is 1. The maximum atomic E-state index is 12.8. The minimum Gasteiger partial charge on any atom is -0.463 e. The van der Waals surface area contributed by atoms with Crippen LogP contribution in [0, 0.1) is 29.6 Å². The molecule has 7 heteroatoms. The van der Waals surface area contributed by atoms with Crippen LogP contribution in [-0.2, 0) is 14.3 Å². The molecule has 0 spiro atoms. The van der Waals surface area contributed by atoms with E-state index in [1.54, 1.807) is 31.5 Å². The van der Waals surface area contributed by atoms with E-state index < -0.39 is 17.8 Å². The second-order valence-corrected chi connectivity index (χ2v) is 7.54. The lowest BCUT2D eigenvalue weighted by Gasteiger charge is -2.31. The number of nitrogens with one attached hydrogen (secondary N) is 1. The minimum absolute atomic E-state index is 0.172. The van der Waals surface area contributed by atoms with E-state index in [4.69, 9.17) is 14.9 Å². The van der Waals surface area contributed by atoms with Crippen molar-refractivity contribution in [3.05, 3.63) is 71.3 Å². The zero-order chi connectivity index (χ0) is 20.8. The molecule has 0 fully saturated rings. The van der Waals surface area contributed by atoms with Crippen molar-refractivity contribution in [3.8, 4) is 6.07 Å². The van der Waals surface area contributed by atoms with Crippen LogP contribution in [0.3, 0.4) is 0 Å². The van der Waals surface area contributed by atoms with Gasteiger partial charge in [-0.25, -0.2) is 4.79 Å². The minimum atomic E-state index is -0.924. The number of thioether (sulfide) groups is 1. The number of aryl methyl sites for hydroxylation is 1. The molecule has 0 radical (unpaired) electrons. The summed E-state index contributed by atoms with van der Waals surface area (Å²) in [7, 11) is 0. The molecule has 0 saturated carbocycles. The van der Waals surface area contributed by atoms with Gasteiger partial charge >= 0.3 is 5.97 Å². The molecule has 1 N–H and O–H groups in total. The Balaban J connectivity index is 2.03. The number of rotatable bonds is 6. The van der Waals surface area contributed by atoms with Gasteiger partial charge in [-0.05, 0) is 37.6 Å². The molecule has 3 rings (SSSR count). The highest BCUT2D eigenvalue weighted by molar-refractivity contribution is 7.99.